The summed E-state index contributed by atoms with van der Waals surface area (Å²) < 4.78 is 0. The lowest BCUT2D eigenvalue weighted by molar-refractivity contribution is -0.135. The maximum Gasteiger partial charge on any atom is 0.227 e. The molecule has 0 saturated carbocycles. The molecule has 2 heterocycles. The molecule has 2 aliphatic rings. The van der Waals surface area contributed by atoms with Crippen LogP contribution in [0.3, 0.4) is 0 Å². The molecule has 0 aliphatic carbocycles. The standard InChI is InChI=1S/C7H10N2O2/c10-5-1-6(11)9-7(2-5)3-8-4-7/h8H,1-4H2,(H,9,11). The van der Waals surface area contributed by atoms with Crippen molar-refractivity contribution in [3.05, 3.63) is 0 Å². The van der Waals surface area contributed by atoms with Crippen molar-refractivity contribution in [2.24, 2.45) is 0 Å². The second-order valence-electron chi connectivity index (χ2n) is 3.32. The minimum atomic E-state index is -0.216. The second-order valence-corrected chi connectivity index (χ2v) is 3.32. The fourth-order valence-corrected chi connectivity index (χ4v) is 1.64. The van der Waals surface area contributed by atoms with Crippen LogP contribution in [0.25, 0.3) is 0 Å². The fourth-order valence-electron chi connectivity index (χ4n) is 1.64. The van der Waals surface area contributed by atoms with Crippen molar-refractivity contribution in [2.75, 3.05) is 13.1 Å². The highest BCUT2D eigenvalue weighted by Gasteiger charge is 2.43. The molecule has 2 N–H and O–H groups in total. The van der Waals surface area contributed by atoms with E-state index >= 15 is 0 Å². The van der Waals surface area contributed by atoms with Crippen LogP contribution in [0.1, 0.15) is 12.8 Å². The number of Topliss-reactive ketones (excluding diaryl/α,β-unsaturated/α-hetero) is 1. The molecule has 0 aromatic carbocycles. The summed E-state index contributed by atoms with van der Waals surface area (Å²) in [6.07, 6.45) is 0.577. The van der Waals surface area contributed by atoms with Gasteiger partial charge in [-0.05, 0) is 0 Å². The van der Waals surface area contributed by atoms with Crippen LogP contribution in [0.2, 0.25) is 0 Å². The minimum Gasteiger partial charge on any atom is -0.347 e. The monoisotopic (exact) mass is 154 g/mol. The van der Waals surface area contributed by atoms with Gasteiger partial charge in [-0.3, -0.25) is 9.59 Å². The first-order chi connectivity index (χ1) is 5.20. The van der Waals surface area contributed by atoms with Gasteiger partial charge in [0.15, 0.2) is 0 Å². The van der Waals surface area contributed by atoms with Crippen LogP contribution in [0.15, 0.2) is 0 Å². The molecular weight excluding hydrogens is 144 g/mol. The lowest BCUT2D eigenvalue weighted by Gasteiger charge is -2.45. The predicted molar refractivity (Wildman–Crippen MR) is 38.0 cm³/mol. The molecule has 0 bridgehead atoms. The van der Waals surface area contributed by atoms with E-state index in [0.717, 1.165) is 13.1 Å². The molecule has 0 radical (unpaired) electrons. The van der Waals surface area contributed by atoms with Gasteiger partial charge in [-0.15, -0.1) is 0 Å². The van der Waals surface area contributed by atoms with Gasteiger partial charge in [0.2, 0.25) is 5.91 Å². The van der Waals surface area contributed by atoms with E-state index in [2.05, 4.69) is 10.6 Å². The Balaban J connectivity index is 2.12. The Morgan fingerprint density at radius 2 is 2.00 bits per heavy atom. The Hall–Kier alpha value is -0.900. The quantitative estimate of drug-likeness (QED) is 0.431. The second kappa shape index (κ2) is 2.04. The Kier molecular flexibility index (Phi) is 1.26. The zero-order valence-corrected chi connectivity index (χ0v) is 6.14. The third-order valence-corrected chi connectivity index (χ3v) is 2.22. The lowest BCUT2D eigenvalue weighted by Crippen LogP contribution is -2.71. The Labute approximate surface area is 64.3 Å². The van der Waals surface area contributed by atoms with E-state index in [1.807, 2.05) is 0 Å². The molecule has 60 valence electrons. The van der Waals surface area contributed by atoms with Gasteiger partial charge in [0.25, 0.3) is 0 Å². The van der Waals surface area contributed by atoms with Gasteiger partial charge in [0.05, 0.1) is 12.0 Å². The number of carbonyl (C=O) groups excluding carboxylic acids is 2. The smallest absolute Gasteiger partial charge is 0.227 e. The number of amides is 1. The predicted octanol–water partition coefficient (Wildman–Crippen LogP) is -1.19. The average molecular weight is 154 g/mol. The third-order valence-electron chi connectivity index (χ3n) is 2.22. The highest BCUT2D eigenvalue weighted by atomic mass is 16.2. The van der Waals surface area contributed by atoms with E-state index in [9.17, 15) is 9.59 Å². The zero-order valence-electron chi connectivity index (χ0n) is 6.14. The molecule has 1 amide bonds. The maximum atomic E-state index is 11.0. The molecule has 0 aromatic rings. The normalized spacial score (nSPS) is 28.0. The summed E-state index contributed by atoms with van der Waals surface area (Å²) in [5.41, 5.74) is -0.216. The molecule has 2 aliphatic heterocycles. The van der Waals surface area contributed by atoms with E-state index in [0.29, 0.717) is 6.42 Å². The summed E-state index contributed by atoms with van der Waals surface area (Å²) in [6, 6.07) is 0. The minimum absolute atomic E-state index is 0.0650. The summed E-state index contributed by atoms with van der Waals surface area (Å²) in [5, 5.41) is 5.88. The van der Waals surface area contributed by atoms with E-state index in [1.54, 1.807) is 0 Å². The summed E-state index contributed by atoms with van der Waals surface area (Å²) in [6.45, 7) is 1.48. The van der Waals surface area contributed by atoms with Crippen LogP contribution in [0.4, 0.5) is 0 Å². The number of hydrogen-bond acceptors (Lipinski definition) is 3. The Morgan fingerprint density at radius 3 is 2.45 bits per heavy atom. The average Bonchev–Trinajstić information content (AvgIpc) is 1.82. The molecule has 11 heavy (non-hydrogen) atoms. The molecule has 1 spiro atoms. The van der Waals surface area contributed by atoms with Crippen molar-refractivity contribution in [1.82, 2.24) is 10.6 Å². The molecule has 2 fully saturated rings. The first-order valence-electron chi connectivity index (χ1n) is 3.74. The third kappa shape index (κ3) is 1.03. The molecule has 0 aromatic heterocycles. The largest absolute Gasteiger partial charge is 0.347 e. The molecule has 4 nitrogen and oxygen atoms in total. The molecule has 2 rings (SSSR count). The number of hydrogen-bond donors (Lipinski definition) is 2. The number of ketones is 1. The summed E-state index contributed by atoms with van der Waals surface area (Å²) in [7, 11) is 0. The van der Waals surface area contributed by atoms with Gasteiger partial charge in [0, 0.05) is 19.5 Å². The van der Waals surface area contributed by atoms with E-state index in [4.69, 9.17) is 0 Å². The van der Waals surface area contributed by atoms with E-state index < -0.39 is 0 Å². The van der Waals surface area contributed by atoms with Gasteiger partial charge < -0.3 is 10.6 Å². The van der Waals surface area contributed by atoms with Gasteiger partial charge in [0.1, 0.15) is 5.78 Å². The van der Waals surface area contributed by atoms with Crippen molar-refractivity contribution in [3.63, 3.8) is 0 Å². The topological polar surface area (TPSA) is 58.2 Å². The molecule has 2 saturated heterocycles. The van der Waals surface area contributed by atoms with Gasteiger partial charge in [-0.2, -0.15) is 0 Å². The van der Waals surface area contributed by atoms with Crippen LogP contribution < -0.4 is 10.6 Å². The molecule has 0 atom stereocenters. The SMILES string of the molecule is O=C1CC(=O)NC2(CNC2)C1. The molecular formula is C7H10N2O2. The molecule has 0 unspecified atom stereocenters. The van der Waals surface area contributed by atoms with E-state index in [-0.39, 0.29) is 23.7 Å². The van der Waals surface area contributed by atoms with Crippen molar-refractivity contribution >= 4 is 11.7 Å². The van der Waals surface area contributed by atoms with Gasteiger partial charge in [-0.25, -0.2) is 0 Å². The first kappa shape index (κ1) is 6.79. The van der Waals surface area contributed by atoms with Crippen LogP contribution in [-0.2, 0) is 9.59 Å². The summed E-state index contributed by atoms with van der Waals surface area (Å²) in [5.74, 6) is -0.0574. The highest BCUT2D eigenvalue weighted by molar-refractivity contribution is 6.01. The van der Waals surface area contributed by atoms with Crippen LogP contribution in [0.5, 0.6) is 0 Å². The van der Waals surface area contributed by atoms with Crippen molar-refractivity contribution in [3.8, 4) is 0 Å². The van der Waals surface area contributed by atoms with Gasteiger partial charge >= 0.3 is 0 Å². The van der Waals surface area contributed by atoms with Crippen molar-refractivity contribution < 1.29 is 9.59 Å². The maximum absolute atomic E-state index is 11.0. The first-order valence-corrected chi connectivity index (χ1v) is 3.74. The number of rotatable bonds is 0. The van der Waals surface area contributed by atoms with Crippen LogP contribution in [-0.4, -0.2) is 30.3 Å². The fraction of sp³-hybridized carbons (Fsp3) is 0.714. The summed E-state index contributed by atoms with van der Waals surface area (Å²) in [4.78, 5) is 21.9. The number of piperidine rings is 1. The van der Waals surface area contributed by atoms with Crippen LogP contribution in [0, 0.1) is 0 Å². The van der Waals surface area contributed by atoms with Crippen molar-refractivity contribution in [2.45, 2.75) is 18.4 Å². The Morgan fingerprint density at radius 1 is 1.27 bits per heavy atom. The van der Waals surface area contributed by atoms with Crippen LogP contribution >= 0.6 is 0 Å². The zero-order chi connectivity index (χ0) is 7.90. The lowest BCUT2D eigenvalue weighted by atomic mass is 9.83. The van der Waals surface area contributed by atoms with E-state index in [1.165, 1.54) is 0 Å². The summed E-state index contributed by atoms with van der Waals surface area (Å²) >= 11 is 0. The number of carbonyl (C=O) groups is 2. The Bertz CT molecular complexity index is 202. The number of nitrogens with one attached hydrogen (secondary N) is 2. The van der Waals surface area contributed by atoms with Gasteiger partial charge in [-0.1, -0.05) is 0 Å². The van der Waals surface area contributed by atoms with Crippen molar-refractivity contribution in [1.29, 1.82) is 0 Å². The molecule has 4 heteroatoms. The highest BCUT2D eigenvalue weighted by Crippen LogP contribution is 2.20.